The van der Waals surface area contributed by atoms with Crippen LogP contribution in [0.4, 0.5) is 0 Å². The molecule has 7 aromatic rings. The SMILES string of the molecule is CCCC1=Cc2c(-c3cc4ccccc4c4ccccc34)cccc2C1c1c(C(C)(C)C)ccc2c1[cH-]c1cc(C(C)(C)C)ccc12.C[Si]C.[Cl-].[Cl-].[Zr+3]. The van der Waals surface area contributed by atoms with Crippen molar-refractivity contribution in [2.45, 2.75) is 91.1 Å². The molecule has 0 saturated heterocycles. The molecule has 8 rings (SSSR count). The number of allylic oxidation sites excluding steroid dienone is 1. The van der Waals surface area contributed by atoms with Crippen LogP contribution in [0.2, 0.25) is 13.1 Å². The van der Waals surface area contributed by atoms with E-state index in [1.54, 1.807) is 5.57 Å². The summed E-state index contributed by atoms with van der Waals surface area (Å²) in [6.07, 6.45) is 4.78. The molecule has 0 fully saturated rings. The van der Waals surface area contributed by atoms with Crippen LogP contribution in [0.25, 0.3) is 60.3 Å². The Bertz CT molecular complexity index is 2420. The van der Waals surface area contributed by atoms with Gasteiger partial charge >= 0.3 is 26.2 Å². The third-order valence-corrected chi connectivity index (χ3v) is 10.6. The maximum atomic E-state index is 2.56. The minimum atomic E-state index is 0. The van der Waals surface area contributed by atoms with Crippen molar-refractivity contribution in [2.75, 3.05) is 0 Å². The van der Waals surface area contributed by atoms with Crippen LogP contribution in [0.3, 0.4) is 0 Å². The number of hydrogen-bond donors (Lipinski definition) is 0. The first-order valence-electron chi connectivity index (χ1n) is 18.5. The summed E-state index contributed by atoms with van der Waals surface area (Å²) >= 11 is 0. The zero-order valence-corrected chi connectivity index (χ0v) is 37.7. The molecule has 0 saturated carbocycles. The first kappa shape index (κ1) is 42.9. The summed E-state index contributed by atoms with van der Waals surface area (Å²) in [6.45, 7) is 20.7. The van der Waals surface area contributed by atoms with Gasteiger partial charge in [-0.2, -0.15) is 0 Å². The summed E-state index contributed by atoms with van der Waals surface area (Å²) in [4.78, 5) is 0. The molecule has 0 bridgehead atoms. The van der Waals surface area contributed by atoms with Gasteiger partial charge in [0.2, 0.25) is 0 Å². The van der Waals surface area contributed by atoms with Gasteiger partial charge in [-0.05, 0) is 67.1 Å². The van der Waals surface area contributed by atoms with E-state index in [-0.39, 0.29) is 67.8 Å². The quantitative estimate of drug-likeness (QED) is 0.0951. The molecule has 1 unspecified atom stereocenters. The number of fused-ring (bicyclic) bond motifs is 7. The Morgan fingerprint density at radius 3 is 1.94 bits per heavy atom. The summed E-state index contributed by atoms with van der Waals surface area (Å²) in [5, 5.41) is 10.8. The molecule has 53 heavy (non-hydrogen) atoms. The van der Waals surface area contributed by atoms with Crippen molar-refractivity contribution in [1.29, 1.82) is 0 Å². The van der Waals surface area contributed by atoms with Gasteiger partial charge < -0.3 is 24.8 Å². The second-order valence-corrected chi connectivity index (χ2v) is 17.3. The molecule has 0 heterocycles. The van der Waals surface area contributed by atoms with E-state index in [0.717, 1.165) is 22.4 Å². The average molecular weight is 830 g/mol. The average Bonchev–Trinajstić information content (AvgIpc) is 3.65. The minimum Gasteiger partial charge on any atom is -1.00 e. The molecule has 3 radical (unpaired) electrons. The molecule has 1 atom stereocenters. The zero-order valence-electron chi connectivity index (χ0n) is 32.7. The van der Waals surface area contributed by atoms with Crippen molar-refractivity contribution >= 4 is 58.7 Å². The van der Waals surface area contributed by atoms with Gasteiger partial charge in [0.25, 0.3) is 0 Å². The topological polar surface area (TPSA) is 0 Å². The van der Waals surface area contributed by atoms with Crippen molar-refractivity contribution in [2.24, 2.45) is 0 Å². The van der Waals surface area contributed by atoms with E-state index in [1.807, 2.05) is 0 Å². The monoisotopic (exact) mass is 827 g/mol. The molecule has 269 valence electrons. The van der Waals surface area contributed by atoms with Crippen LogP contribution in [0.5, 0.6) is 0 Å². The van der Waals surface area contributed by atoms with Crippen LogP contribution < -0.4 is 24.8 Å². The zero-order chi connectivity index (χ0) is 35.4. The summed E-state index contributed by atoms with van der Waals surface area (Å²) in [5.41, 5.74) is 11.5. The smallest absolute Gasteiger partial charge is 1.00 e. The van der Waals surface area contributed by atoms with Crippen LogP contribution in [-0.4, -0.2) is 9.52 Å². The summed E-state index contributed by atoms with van der Waals surface area (Å²) in [6, 6.07) is 41.8. The minimum absolute atomic E-state index is 0. The molecule has 0 aromatic heterocycles. The van der Waals surface area contributed by atoms with Crippen molar-refractivity contribution in [3.63, 3.8) is 0 Å². The summed E-state index contributed by atoms with van der Waals surface area (Å²) < 4.78 is 0. The van der Waals surface area contributed by atoms with Gasteiger partial charge in [-0.3, -0.25) is 0 Å². The molecule has 1 aliphatic rings. The Labute approximate surface area is 352 Å². The van der Waals surface area contributed by atoms with Crippen molar-refractivity contribution in [1.82, 2.24) is 0 Å². The van der Waals surface area contributed by atoms with Gasteiger partial charge in [0.1, 0.15) is 0 Å². The normalized spacial score (nSPS) is 13.8. The van der Waals surface area contributed by atoms with Gasteiger partial charge in [-0.1, -0.05) is 187 Å². The third-order valence-electron chi connectivity index (χ3n) is 10.6. The van der Waals surface area contributed by atoms with E-state index in [4.69, 9.17) is 0 Å². The van der Waals surface area contributed by atoms with E-state index in [9.17, 15) is 0 Å². The van der Waals surface area contributed by atoms with Crippen LogP contribution in [0, 0.1) is 0 Å². The number of rotatable bonds is 4. The molecule has 1 aliphatic carbocycles. The van der Waals surface area contributed by atoms with Gasteiger partial charge in [0, 0.05) is 15.4 Å². The van der Waals surface area contributed by atoms with E-state index >= 15 is 0 Å². The standard InChI is InChI=1S/C47H45.C2H6Si.2ClH.Zr/c1-8-14-30-27-41-37(40-26-29-15-9-10-16-33(29)35-17-11-12-18-36(35)40)19-13-20-39(41)44(30)45-42-28-31-25-32(46(2,3)4)21-22-34(31)38(42)23-24-43(45)47(5,6)7;1-3-2;;;/h9-13,15-28,44H,8,14H2,1-7H3;1-2H3;2*1H;/q-1;;;;+3/p-2. The van der Waals surface area contributed by atoms with Crippen molar-refractivity contribution in [3.05, 3.63) is 143 Å². The van der Waals surface area contributed by atoms with Crippen LogP contribution in [0.1, 0.15) is 95.0 Å². The Morgan fingerprint density at radius 2 is 1.28 bits per heavy atom. The maximum absolute atomic E-state index is 2.56. The van der Waals surface area contributed by atoms with Crippen molar-refractivity contribution < 1.29 is 51.0 Å². The van der Waals surface area contributed by atoms with Crippen molar-refractivity contribution in [3.8, 4) is 11.1 Å². The Hall–Kier alpha value is -2.87. The third kappa shape index (κ3) is 7.82. The molecule has 0 spiro atoms. The molecular weight excluding hydrogens is 779 g/mol. The molecule has 0 amide bonds. The molecule has 0 aliphatic heterocycles. The van der Waals surface area contributed by atoms with E-state index < -0.39 is 0 Å². The molecule has 7 aromatic carbocycles. The largest absolute Gasteiger partial charge is 3.00 e. The summed E-state index contributed by atoms with van der Waals surface area (Å²) in [7, 11) is 1.08. The summed E-state index contributed by atoms with van der Waals surface area (Å²) in [5.74, 6) is 0.230. The number of halogens is 2. The second-order valence-electron chi connectivity index (χ2n) is 16.3. The van der Waals surface area contributed by atoms with Gasteiger partial charge in [-0.15, -0.1) is 33.7 Å². The fourth-order valence-electron chi connectivity index (χ4n) is 8.36. The maximum Gasteiger partial charge on any atom is 3.00 e. The van der Waals surface area contributed by atoms with E-state index in [1.165, 1.54) is 82.0 Å². The predicted octanol–water partition coefficient (Wildman–Crippen LogP) is 8.40. The number of hydrogen-bond acceptors (Lipinski definition) is 0. The number of benzene rings is 6. The van der Waals surface area contributed by atoms with E-state index in [0.29, 0.717) is 0 Å². The van der Waals surface area contributed by atoms with E-state index in [2.05, 4.69) is 177 Å². The Kier molecular flexibility index (Phi) is 13.6. The first-order valence-corrected chi connectivity index (χ1v) is 20.5. The predicted molar refractivity (Wildman–Crippen MR) is 224 cm³/mol. The Balaban J connectivity index is 0.00000101. The van der Waals surface area contributed by atoms with Crippen LogP contribution in [0.15, 0.2) is 115 Å². The molecule has 0 N–H and O–H groups in total. The van der Waals surface area contributed by atoms with Gasteiger partial charge in [-0.25, -0.2) is 0 Å². The fourth-order valence-corrected chi connectivity index (χ4v) is 8.36. The fraction of sp³-hybridized carbons (Fsp3) is 0.286. The second kappa shape index (κ2) is 16.9. The molecule has 4 heteroatoms. The molecule has 0 nitrogen and oxygen atoms in total. The first-order chi connectivity index (χ1) is 24.0. The Morgan fingerprint density at radius 1 is 0.642 bits per heavy atom. The van der Waals surface area contributed by atoms with Crippen LogP contribution in [-0.2, 0) is 37.0 Å². The van der Waals surface area contributed by atoms with Gasteiger partial charge in [0.15, 0.2) is 0 Å². The van der Waals surface area contributed by atoms with Gasteiger partial charge in [0.05, 0.1) is 0 Å². The molecular formula is C49H51Cl2SiZr. The van der Waals surface area contributed by atoms with Crippen LogP contribution >= 0.6 is 0 Å².